The Bertz CT molecular complexity index is 1310. The van der Waals surface area contributed by atoms with Crippen LogP contribution in [0.1, 0.15) is 30.0 Å². The van der Waals surface area contributed by atoms with Crippen LogP contribution in [-0.2, 0) is 13.1 Å². The summed E-state index contributed by atoms with van der Waals surface area (Å²) < 4.78 is 27.3. The lowest BCUT2D eigenvalue weighted by molar-refractivity contribution is 0.0364. The van der Waals surface area contributed by atoms with Gasteiger partial charge in [0.1, 0.15) is 19.0 Å². The SMILES string of the molecule is O=c1ccc2c(F)ccc3c2n1CCC3CN1CC[C@H](NCc2cc3c(cn2)OCCO3)[C@H](O)C1. The number of hydrogen-bond acceptors (Lipinski definition) is 7. The second kappa shape index (κ2) is 9.22. The number of fused-ring (bicyclic) bond motifs is 1. The van der Waals surface area contributed by atoms with Crippen LogP contribution in [-0.4, -0.2) is 64.6 Å². The van der Waals surface area contributed by atoms with Crippen LogP contribution in [0.25, 0.3) is 10.9 Å². The van der Waals surface area contributed by atoms with Gasteiger partial charge in [0.2, 0.25) is 0 Å². The monoisotopic (exact) mass is 480 g/mol. The number of ether oxygens (including phenoxy) is 2. The zero-order valence-corrected chi connectivity index (χ0v) is 19.5. The molecule has 3 aromatic rings. The number of aliphatic hydroxyl groups is 1. The van der Waals surface area contributed by atoms with Crippen LogP contribution in [0.5, 0.6) is 11.5 Å². The number of nitrogens with zero attached hydrogens (tertiary/aromatic N) is 3. The summed E-state index contributed by atoms with van der Waals surface area (Å²) >= 11 is 0. The molecule has 35 heavy (non-hydrogen) atoms. The van der Waals surface area contributed by atoms with Crippen molar-refractivity contribution in [3.05, 3.63) is 64.0 Å². The van der Waals surface area contributed by atoms with Crippen molar-refractivity contribution in [1.29, 1.82) is 0 Å². The standard InChI is InChI=1S/C26H29FN4O4/c27-20-3-1-18-16(5-8-31-25(33)4-2-19(20)26(18)31)14-30-7-6-21(22(32)15-30)29-12-17-11-23-24(13-28-17)35-10-9-34-23/h1-4,11,13,16,21-22,29,32H,5-10,12,14-15H2/t16?,21-,22+/m0/s1. The van der Waals surface area contributed by atoms with E-state index in [1.165, 1.54) is 12.1 Å². The van der Waals surface area contributed by atoms with Gasteiger partial charge in [0.15, 0.2) is 11.5 Å². The van der Waals surface area contributed by atoms with E-state index in [0.29, 0.717) is 49.7 Å². The van der Waals surface area contributed by atoms with Crippen molar-refractivity contribution in [3.8, 4) is 11.5 Å². The highest BCUT2D eigenvalue weighted by Crippen LogP contribution is 2.34. The molecule has 3 aliphatic heterocycles. The molecular formula is C26H29FN4O4. The van der Waals surface area contributed by atoms with Crippen molar-refractivity contribution in [2.45, 2.75) is 44.0 Å². The predicted octanol–water partition coefficient (Wildman–Crippen LogP) is 2.02. The molecule has 9 heteroatoms. The Morgan fingerprint density at radius 3 is 2.83 bits per heavy atom. The molecule has 8 nitrogen and oxygen atoms in total. The Labute approximate surface area is 202 Å². The minimum Gasteiger partial charge on any atom is -0.486 e. The predicted molar refractivity (Wildman–Crippen MR) is 128 cm³/mol. The number of nitrogens with one attached hydrogen (secondary N) is 1. The molecule has 2 N–H and O–H groups in total. The van der Waals surface area contributed by atoms with E-state index in [-0.39, 0.29) is 23.3 Å². The first-order valence-electron chi connectivity index (χ1n) is 12.3. The molecule has 0 aliphatic carbocycles. The van der Waals surface area contributed by atoms with Gasteiger partial charge in [0, 0.05) is 55.7 Å². The van der Waals surface area contributed by atoms with Crippen molar-refractivity contribution in [2.24, 2.45) is 0 Å². The van der Waals surface area contributed by atoms with E-state index >= 15 is 0 Å². The number of β-amino-alcohol motifs (C(OH)–C–C–N with tert-alkyl or cyclic N) is 1. The number of benzene rings is 1. The first-order chi connectivity index (χ1) is 17.1. The quantitative estimate of drug-likeness (QED) is 0.578. The molecule has 2 aromatic heterocycles. The minimum atomic E-state index is -0.507. The van der Waals surface area contributed by atoms with Gasteiger partial charge in [-0.15, -0.1) is 0 Å². The number of aromatic nitrogens is 2. The molecule has 0 radical (unpaired) electrons. The summed E-state index contributed by atoms with van der Waals surface area (Å²) in [5.74, 6) is 1.28. The summed E-state index contributed by atoms with van der Waals surface area (Å²) in [6.07, 6.45) is 2.82. The maximum Gasteiger partial charge on any atom is 0.251 e. The fraction of sp³-hybridized carbons (Fsp3) is 0.462. The molecule has 1 aromatic carbocycles. The second-order valence-corrected chi connectivity index (χ2v) is 9.63. The zero-order valence-electron chi connectivity index (χ0n) is 19.5. The number of piperidine rings is 1. The Balaban J connectivity index is 1.10. The first kappa shape index (κ1) is 22.5. The molecule has 0 spiro atoms. The van der Waals surface area contributed by atoms with Crippen LogP contribution in [0.15, 0.2) is 41.3 Å². The maximum absolute atomic E-state index is 14.4. The summed E-state index contributed by atoms with van der Waals surface area (Å²) in [6.45, 7) is 4.39. The Kier molecular flexibility index (Phi) is 5.91. The number of aliphatic hydroxyl groups excluding tert-OH is 1. The average molecular weight is 481 g/mol. The largest absolute Gasteiger partial charge is 0.486 e. The highest BCUT2D eigenvalue weighted by molar-refractivity contribution is 5.84. The zero-order chi connectivity index (χ0) is 23.9. The molecule has 6 rings (SSSR count). The van der Waals surface area contributed by atoms with E-state index in [1.807, 2.05) is 12.1 Å². The van der Waals surface area contributed by atoms with Crippen molar-refractivity contribution in [2.75, 3.05) is 32.8 Å². The van der Waals surface area contributed by atoms with Crippen LogP contribution in [0.2, 0.25) is 0 Å². The number of likely N-dealkylation sites (tertiary alicyclic amines) is 1. The first-order valence-corrected chi connectivity index (χ1v) is 12.3. The lowest BCUT2D eigenvalue weighted by Gasteiger charge is -2.39. The summed E-state index contributed by atoms with van der Waals surface area (Å²) in [5.41, 5.74) is 2.50. The van der Waals surface area contributed by atoms with Crippen molar-refractivity contribution < 1.29 is 19.0 Å². The Morgan fingerprint density at radius 1 is 1.11 bits per heavy atom. The Hall–Kier alpha value is -3.01. The molecular weight excluding hydrogens is 451 g/mol. The van der Waals surface area contributed by atoms with Gasteiger partial charge in [-0.25, -0.2) is 4.39 Å². The van der Waals surface area contributed by atoms with E-state index < -0.39 is 6.10 Å². The molecule has 184 valence electrons. The van der Waals surface area contributed by atoms with Gasteiger partial charge in [-0.1, -0.05) is 6.07 Å². The van der Waals surface area contributed by atoms with Crippen LogP contribution in [0.4, 0.5) is 4.39 Å². The molecule has 1 fully saturated rings. The highest BCUT2D eigenvalue weighted by atomic mass is 19.1. The van der Waals surface area contributed by atoms with Gasteiger partial charge in [-0.3, -0.25) is 9.78 Å². The van der Waals surface area contributed by atoms with Gasteiger partial charge < -0.3 is 29.4 Å². The van der Waals surface area contributed by atoms with Crippen molar-refractivity contribution in [1.82, 2.24) is 19.8 Å². The normalized spacial score (nSPS) is 24.0. The van der Waals surface area contributed by atoms with Crippen LogP contribution < -0.4 is 20.3 Å². The van der Waals surface area contributed by atoms with Crippen LogP contribution >= 0.6 is 0 Å². The average Bonchev–Trinajstić information content (AvgIpc) is 2.87. The smallest absolute Gasteiger partial charge is 0.251 e. The van der Waals surface area contributed by atoms with Gasteiger partial charge in [-0.05, 0) is 37.1 Å². The molecule has 0 saturated carbocycles. The summed E-state index contributed by atoms with van der Waals surface area (Å²) in [7, 11) is 0. The minimum absolute atomic E-state index is 0.0237. The van der Waals surface area contributed by atoms with Crippen molar-refractivity contribution >= 4 is 10.9 Å². The summed E-state index contributed by atoms with van der Waals surface area (Å²) in [4.78, 5) is 19.1. The second-order valence-electron chi connectivity index (χ2n) is 9.63. The summed E-state index contributed by atoms with van der Waals surface area (Å²) in [6, 6.07) is 8.23. The lowest BCUT2D eigenvalue weighted by atomic mass is 9.88. The van der Waals surface area contributed by atoms with Crippen LogP contribution in [0, 0.1) is 5.82 Å². The van der Waals surface area contributed by atoms with Gasteiger partial charge in [0.05, 0.1) is 23.5 Å². The molecule has 1 saturated heterocycles. The fourth-order valence-electron chi connectivity index (χ4n) is 5.63. The van der Waals surface area contributed by atoms with Gasteiger partial charge in [-0.2, -0.15) is 0 Å². The third kappa shape index (κ3) is 4.28. The van der Waals surface area contributed by atoms with E-state index in [4.69, 9.17) is 9.47 Å². The Morgan fingerprint density at radius 2 is 1.97 bits per heavy atom. The highest BCUT2D eigenvalue weighted by Gasteiger charge is 2.31. The third-order valence-electron chi connectivity index (χ3n) is 7.44. The van der Waals surface area contributed by atoms with E-state index in [2.05, 4.69) is 15.2 Å². The number of halogens is 1. The number of rotatable bonds is 5. The lowest BCUT2D eigenvalue weighted by Crippen LogP contribution is -2.53. The number of aryl methyl sites for hydroxylation is 1. The molecule has 0 amide bonds. The molecule has 3 atom stereocenters. The van der Waals surface area contributed by atoms with Crippen molar-refractivity contribution in [3.63, 3.8) is 0 Å². The molecule has 0 bridgehead atoms. The van der Waals surface area contributed by atoms with Crippen LogP contribution in [0.3, 0.4) is 0 Å². The number of pyridine rings is 2. The van der Waals surface area contributed by atoms with Gasteiger partial charge >= 0.3 is 0 Å². The number of hydrogen-bond donors (Lipinski definition) is 2. The van der Waals surface area contributed by atoms with Gasteiger partial charge in [0.25, 0.3) is 5.56 Å². The fourth-order valence-corrected chi connectivity index (χ4v) is 5.63. The maximum atomic E-state index is 14.4. The van der Waals surface area contributed by atoms with E-state index in [0.717, 1.165) is 42.7 Å². The van der Waals surface area contributed by atoms with E-state index in [1.54, 1.807) is 16.8 Å². The molecule has 5 heterocycles. The van der Waals surface area contributed by atoms with E-state index in [9.17, 15) is 14.3 Å². The third-order valence-corrected chi connectivity index (χ3v) is 7.44. The molecule has 3 aliphatic rings. The topological polar surface area (TPSA) is 88.9 Å². The summed E-state index contributed by atoms with van der Waals surface area (Å²) in [5, 5.41) is 14.8. The molecule has 1 unspecified atom stereocenters.